The molecule has 0 aliphatic heterocycles. The van der Waals surface area contributed by atoms with Crippen molar-refractivity contribution in [1.29, 1.82) is 0 Å². The van der Waals surface area contributed by atoms with E-state index in [0.717, 1.165) is 40.3 Å². The van der Waals surface area contributed by atoms with Crippen LogP contribution in [0.5, 0.6) is 0 Å². The molecule has 0 saturated carbocycles. The summed E-state index contributed by atoms with van der Waals surface area (Å²) in [5, 5.41) is 10.4. The summed E-state index contributed by atoms with van der Waals surface area (Å²) in [6, 6.07) is 11.6. The average Bonchev–Trinajstić information content (AvgIpc) is 3.13. The van der Waals surface area contributed by atoms with Gasteiger partial charge in [-0.1, -0.05) is 30.3 Å². The standard InChI is InChI=1S/C20H21N5O/c1-12-17(13(2)23-22-12)10-9-16-11-18(26)25-20(21-16)19(14(3)24-25)15-7-5-4-6-8-15/h4-8,11,24H,9-10H2,1-3H3,(H,22,23). The van der Waals surface area contributed by atoms with Crippen LogP contribution in [0.1, 0.15) is 28.3 Å². The molecule has 0 bridgehead atoms. The van der Waals surface area contributed by atoms with E-state index in [1.807, 2.05) is 51.1 Å². The number of aromatic nitrogens is 5. The lowest BCUT2D eigenvalue weighted by molar-refractivity contribution is 0.840. The molecule has 132 valence electrons. The van der Waals surface area contributed by atoms with Crippen molar-refractivity contribution in [1.82, 2.24) is 24.8 Å². The minimum atomic E-state index is -0.0871. The number of nitrogens with zero attached hydrogens (tertiary/aromatic N) is 3. The number of nitrogens with one attached hydrogen (secondary N) is 2. The lowest BCUT2D eigenvalue weighted by Gasteiger charge is -2.04. The van der Waals surface area contributed by atoms with Crippen LogP contribution < -0.4 is 5.56 Å². The minimum absolute atomic E-state index is 0.0871. The number of fused-ring (bicyclic) bond motifs is 1. The molecule has 6 nitrogen and oxygen atoms in total. The molecule has 26 heavy (non-hydrogen) atoms. The van der Waals surface area contributed by atoms with Gasteiger partial charge in [0.2, 0.25) is 0 Å². The summed E-state index contributed by atoms with van der Waals surface area (Å²) in [5.74, 6) is 0. The van der Waals surface area contributed by atoms with Crippen molar-refractivity contribution in [3.8, 4) is 11.1 Å². The van der Waals surface area contributed by atoms with Gasteiger partial charge in [0.05, 0.1) is 5.69 Å². The van der Waals surface area contributed by atoms with Crippen molar-refractivity contribution < 1.29 is 0 Å². The fourth-order valence-electron chi connectivity index (χ4n) is 3.47. The van der Waals surface area contributed by atoms with E-state index < -0.39 is 0 Å². The van der Waals surface area contributed by atoms with Crippen LogP contribution in [0.4, 0.5) is 0 Å². The molecule has 3 heterocycles. The highest BCUT2D eigenvalue weighted by atomic mass is 16.1. The molecule has 3 aromatic heterocycles. The zero-order valence-electron chi connectivity index (χ0n) is 15.1. The molecule has 0 radical (unpaired) electrons. The molecule has 0 saturated heterocycles. The quantitative estimate of drug-likeness (QED) is 0.595. The minimum Gasteiger partial charge on any atom is -0.293 e. The Hall–Kier alpha value is -3.15. The summed E-state index contributed by atoms with van der Waals surface area (Å²) in [7, 11) is 0. The molecule has 0 atom stereocenters. The van der Waals surface area contributed by atoms with E-state index in [-0.39, 0.29) is 5.56 Å². The second-order valence-electron chi connectivity index (χ2n) is 6.64. The third-order valence-corrected chi connectivity index (χ3v) is 4.82. The second-order valence-corrected chi connectivity index (χ2v) is 6.64. The largest absolute Gasteiger partial charge is 0.293 e. The molecule has 4 aromatic rings. The van der Waals surface area contributed by atoms with Gasteiger partial charge < -0.3 is 0 Å². The average molecular weight is 347 g/mol. The Labute approximate surface area is 150 Å². The van der Waals surface area contributed by atoms with Crippen LogP contribution in [-0.4, -0.2) is 24.8 Å². The smallest absolute Gasteiger partial charge is 0.272 e. The maximum atomic E-state index is 12.6. The zero-order chi connectivity index (χ0) is 18.3. The van der Waals surface area contributed by atoms with E-state index in [2.05, 4.69) is 15.3 Å². The van der Waals surface area contributed by atoms with Gasteiger partial charge in [0.25, 0.3) is 5.56 Å². The fraction of sp³-hybridized carbons (Fsp3) is 0.250. The summed E-state index contributed by atoms with van der Waals surface area (Å²) in [6.45, 7) is 5.98. The van der Waals surface area contributed by atoms with Gasteiger partial charge in [0.15, 0.2) is 5.65 Å². The second kappa shape index (κ2) is 6.29. The van der Waals surface area contributed by atoms with Gasteiger partial charge in [-0.2, -0.15) is 5.10 Å². The van der Waals surface area contributed by atoms with Gasteiger partial charge in [0, 0.05) is 28.7 Å². The van der Waals surface area contributed by atoms with Gasteiger partial charge in [-0.3, -0.25) is 15.0 Å². The lowest BCUT2D eigenvalue weighted by Crippen LogP contribution is -2.16. The molecule has 0 fully saturated rings. The van der Waals surface area contributed by atoms with Gasteiger partial charge in [-0.25, -0.2) is 9.50 Å². The van der Waals surface area contributed by atoms with E-state index in [4.69, 9.17) is 4.98 Å². The highest BCUT2D eigenvalue weighted by molar-refractivity contribution is 5.79. The van der Waals surface area contributed by atoms with Gasteiger partial charge in [-0.15, -0.1) is 0 Å². The number of rotatable bonds is 4. The zero-order valence-corrected chi connectivity index (χ0v) is 15.1. The predicted molar refractivity (Wildman–Crippen MR) is 101 cm³/mol. The van der Waals surface area contributed by atoms with Crippen LogP contribution in [0.15, 0.2) is 41.2 Å². The van der Waals surface area contributed by atoms with Crippen LogP contribution in [0.2, 0.25) is 0 Å². The van der Waals surface area contributed by atoms with Crippen molar-refractivity contribution in [2.45, 2.75) is 33.6 Å². The number of hydrogen-bond donors (Lipinski definition) is 2. The van der Waals surface area contributed by atoms with Gasteiger partial charge in [-0.05, 0) is 44.7 Å². The molecule has 0 spiro atoms. The Bertz CT molecular complexity index is 1110. The van der Waals surface area contributed by atoms with E-state index in [1.54, 1.807) is 6.07 Å². The number of H-pyrrole nitrogens is 2. The maximum absolute atomic E-state index is 12.6. The van der Waals surface area contributed by atoms with Crippen molar-refractivity contribution >= 4 is 5.65 Å². The first-order valence-electron chi connectivity index (χ1n) is 8.71. The van der Waals surface area contributed by atoms with Crippen molar-refractivity contribution in [2.24, 2.45) is 0 Å². The predicted octanol–water partition coefficient (Wildman–Crippen LogP) is 3.12. The van der Waals surface area contributed by atoms with Crippen LogP contribution in [-0.2, 0) is 12.8 Å². The summed E-state index contributed by atoms with van der Waals surface area (Å²) >= 11 is 0. The Balaban J connectivity index is 1.77. The van der Waals surface area contributed by atoms with Crippen molar-refractivity contribution in [3.05, 3.63) is 75.1 Å². The highest BCUT2D eigenvalue weighted by Crippen LogP contribution is 2.26. The SMILES string of the molecule is Cc1n[nH]c(C)c1CCc1cc(=O)n2[nH]c(C)c(-c3ccccc3)c2n1. The lowest BCUT2D eigenvalue weighted by atomic mass is 10.1. The Morgan fingerprint density at radius 3 is 2.50 bits per heavy atom. The van der Waals surface area contributed by atoms with E-state index in [1.165, 1.54) is 10.1 Å². The summed E-state index contributed by atoms with van der Waals surface area (Å²) in [6.07, 6.45) is 1.51. The van der Waals surface area contributed by atoms with Crippen molar-refractivity contribution in [2.75, 3.05) is 0 Å². The molecule has 4 rings (SSSR count). The fourth-order valence-corrected chi connectivity index (χ4v) is 3.47. The first-order chi connectivity index (χ1) is 12.5. The molecule has 6 heteroatoms. The normalized spacial score (nSPS) is 11.3. The van der Waals surface area contributed by atoms with Gasteiger partial charge in [0.1, 0.15) is 0 Å². The molecular weight excluding hydrogens is 326 g/mol. The van der Waals surface area contributed by atoms with E-state index in [9.17, 15) is 4.79 Å². The Morgan fingerprint density at radius 2 is 1.81 bits per heavy atom. The summed E-state index contributed by atoms with van der Waals surface area (Å²) in [4.78, 5) is 17.4. The molecule has 0 unspecified atom stereocenters. The molecule has 0 aliphatic rings. The molecule has 1 aromatic carbocycles. The first-order valence-corrected chi connectivity index (χ1v) is 8.71. The monoisotopic (exact) mass is 347 g/mol. The van der Waals surface area contributed by atoms with Gasteiger partial charge >= 0.3 is 0 Å². The van der Waals surface area contributed by atoms with Crippen LogP contribution in [0.25, 0.3) is 16.8 Å². The number of aromatic amines is 2. The molecule has 0 amide bonds. The van der Waals surface area contributed by atoms with Crippen LogP contribution >= 0.6 is 0 Å². The number of aryl methyl sites for hydroxylation is 4. The number of benzene rings is 1. The van der Waals surface area contributed by atoms with Crippen LogP contribution in [0.3, 0.4) is 0 Å². The van der Waals surface area contributed by atoms with Crippen LogP contribution in [0, 0.1) is 20.8 Å². The summed E-state index contributed by atoms with van der Waals surface area (Å²) < 4.78 is 1.52. The number of hydrogen-bond acceptors (Lipinski definition) is 3. The molecular formula is C20H21N5O. The van der Waals surface area contributed by atoms with E-state index >= 15 is 0 Å². The summed E-state index contributed by atoms with van der Waals surface area (Å²) in [5.41, 5.74) is 7.61. The third kappa shape index (κ3) is 2.73. The topological polar surface area (TPSA) is 78.8 Å². The Morgan fingerprint density at radius 1 is 1.04 bits per heavy atom. The van der Waals surface area contributed by atoms with E-state index in [0.29, 0.717) is 12.1 Å². The highest BCUT2D eigenvalue weighted by Gasteiger charge is 2.15. The maximum Gasteiger partial charge on any atom is 0.272 e. The molecule has 2 N–H and O–H groups in total. The van der Waals surface area contributed by atoms with Crippen molar-refractivity contribution in [3.63, 3.8) is 0 Å². The molecule has 0 aliphatic carbocycles. The Kier molecular flexibility index (Phi) is 3.95. The third-order valence-electron chi connectivity index (χ3n) is 4.82. The first kappa shape index (κ1) is 16.3.